The molecule has 5 rings (SSSR count). The molecule has 1 amide bonds. The van der Waals surface area contributed by atoms with Crippen molar-refractivity contribution in [3.63, 3.8) is 0 Å². The van der Waals surface area contributed by atoms with Gasteiger partial charge in [0.25, 0.3) is 11.5 Å². The summed E-state index contributed by atoms with van der Waals surface area (Å²) in [4.78, 5) is 37.4. The first-order chi connectivity index (χ1) is 17.0. The maximum Gasteiger partial charge on any atom is 0.273 e. The van der Waals surface area contributed by atoms with Gasteiger partial charge in [-0.1, -0.05) is 55.9 Å². The lowest BCUT2D eigenvalue weighted by Gasteiger charge is -2.13. The number of aromatic nitrogens is 3. The quantitative estimate of drug-likeness (QED) is 0.265. The van der Waals surface area contributed by atoms with E-state index in [9.17, 15) is 9.59 Å². The lowest BCUT2D eigenvalue weighted by atomic mass is 9.97. The second-order valence-electron chi connectivity index (χ2n) is 9.18. The number of benzene rings is 1. The second-order valence-corrected chi connectivity index (χ2v) is 11.2. The van der Waals surface area contributed by atoms with Gasteiger partial charge < -0.3 is 9.73 Å². The minimum Gasteiger partial charge on any atom is -0.447 e. The molecule has 0 saturated heterocycles. The van der Waals surface area contributed by atoms with Crippen LogP contribution in [0.25, 0.3) is 10.2 Å². The molecule has 0 atom stereocenters. The highest BCUT2D eigenvalue weighted by molar-refractivity contribution is 7.98. The predicted octanol–water partition coefficient (Wildman–Crippen LogP) is 5.05. The molecule has 0 fully saturated rings. The third-order valence-electron chi connectivity index (χ3n) is 6.00. The number of oxazole rings is 1. The molecule has 0 unspecified atom stereocenters. The van der Waals surface area contributed by atoms with Crippen molar-refractivity contribution in [2.24, 2.45) is 5.92 Å². The zero-order valence-electron chi connectivity index (χ0n) is 19.9. The average Bonchev–Trinajstić information content (AvgIpc) is 3.48. The van der Waals surface area contributed by atoms with E-state index in [2.05, 4.69) is 10.3 Å². The van der Waals surface area contributed by atoms with Crippen molar-refractivity contribution < 1.29 is 9.21 Å². The Morgan fingerprint density at radius 1 is 1.20 bits per heavy atom. The van der Waals surface area contributed by atoms with Crippen molar-refractivity contribution in [2.45, 2.75) is 57.0 Å². The number of nitrogens with zero attached hydrogens (tertiary/aromatic N) is 3. The maximum atomic E-state index is 13.7. The van der Waals surface area contributed by atoms with Gasteiger partial charge in [-0.25, -0.2) is 9.97 Å². The summed E-state index contributed by atoms with van der Waals surface area (Å²) in [6, 6.07) is 9.96. The highest BCUT2D eigenvalue weighted by atomic mass is 32.2. The van der Waals surface area contributed by atoms with E-state index in [4.69, 9.17) is 9.40 Å². The topological polar surface area (TPSA) is 90.0 Å². The largest absolute Gasteiger partial charge is 0.447 e. The first kappa shape index (κ1) is 23.8. The molecule has 0 aliphatic heterocycles. The molecule has 0 bridgehead atoms. The van der Waals surface area contributed by atoms with Gasteiger partial charge >= 0.3 is 0 Å². The van der Waals surface area contributed by atoms with Gasteiger partial charge in [-0.05, 0) is 42.7 Å². The Labute approximate surface area is 212 Å². The third kappa shape index (κ3) is 5.21. The fourth-order valence-electron chi connectivity index (χ4n) is 4.23. The Bertz CT molecular complexity index is 1410. The molecule has 0 radical (unpaired) electrons. The van der Waals surface area contributed by atoms with Crippen LogP contribution in [-0.4, -0.2) is 27.0 Å². The normalized spacial score (nSPS) is 13.3. The van der Waals surface area contributed by atoms with Crippen molar-refractivity contribution in [3.05, 3.63) is 74.5 Å². The van der Waals surface area contributed by atoms with Crippen LogP contribution in [0.5, 0.6) is 0 Å². The standard InChI is InChI=1S/C26H28N4O3S2/c1-16(2)12-27-23(31)19-14-33-21(28-19)15-34-26-29-24-22(18-10-6-7-11-20(18)35-24)25(32)30(26)13-17-8-4-3-5-9-17/h3-5,8-9,14,16H,6-7,10-13,15H2,1-2H3,(H,27,31). The molecule has 1 aromatic carbocycles. The van der Waals surface area contributed by atoms with Gasteiger partial charge in [-0.2, -0.15) is 0 Å². The molecule has 0 saturated carbocycles. The summed E-state index contributed by atoms with van der Waals surface area (Å²) in [6.07, 6.45) is 5.63. The summed E-state index contributed by atoms with van der Waals surface area (Å²) in [5.74, 6) is 0.903. The first-order valence-electron chi connectivity index (χ1n) is 11.9. The average molecular weight is 509 g/mol. The number of hydrogen-bond donors (Lipinski definition) is 1. The van der Waals surface area contributed by atoms with E-state index in [1.165, 1.54) is 28.5 Å². The highest BCUT2D eigenvalue weighted by Crippen LogP contribution is 2.35. The first-order valence-corrected chi connectivity index (χ1v) is 13.7. The van der Waals surface area contributed by atoms with Gasteiger partial charge in [0.05, 0.1) is 17.7 Å². The smallest absolute Gasteiger partial charge is 0.273 e. The molecule has 1 N–H and O–H groups in total. The summed E-state index contributed by atoms with van der Waals surface area (Å²) >= 11 is 3.06. The Hall–Kier alpha value is -2.91. The van der Waals surface area contributed by atoms with E-state index in [0.29, 0.717) is 35.8 Å². The number of thioether (sulfide) groups is 1. The fourth-order valence-corrected chi connectivity index (χ4v) is 6.38. The van der Waals surface area contributed by atoms with E-state index in [0.717, 1.165) is 41.5 Å². The second kappa shape index (κ2) is 10.4. The van der Waals surface area contributed by atoms with Gasteiger partial charge in [-0.15, -0.1) is 11.3 Å². The van der Waals surface area contributed by atoms with Crippen molar-refractivity contribution in [3.8, 4) is 0 Å². The molecule has 4 aromatic rings. The van der Waals surface area contributed by atoms with Crippen LogP contribution in [-0.2, 0) is 25.1 Å². The number of amides is 1. The van der Waals surface area contributed by atoms with E-state index >= 15 is 0 Å². The van der Waals surface area contributed by atoms with E-state index < -0.39 is 0 Å². The Morgan fingerprint density at radius 3 is 2.80 bits per heavy atom. The molecule has 9 heteroatoms. The van der Waals surface area contributed by atoms with Crippen LogP contribution in [0, 0.1) is 5.92 Å². The zero-order valence-corrected chi connectivity index (χ0v) is 21.5. The van der Waals surface area contributed by atoms with Gasteiger partial charge in [0, 0.05) is 11.4 Å². The number of hydrogen-bond acceptors (Lipinski definition) is 7. The van der Waals surface area contributed by atoms with Crippen molar-refractivity contribution >= 4 is 39.2 Å². The Kier molecular flexibility index (Phi) is 7.06. The summed E-state index contributed by atoms with van der Waals surface area (Å²) in [7, 11) is 0. The van der Waals surface area contributed by atoms with Gasteiger partial charge in [0.15, 0.2) is 10.9 Å². The van der Waals surface area contributed by atoms with Crippen LogP contribution in [0.1, 0.15) is 59.1 Å². The molecule has 0 spiro atoms. The van der Waals surface area contributed by atoms with Crippen LogP contribution in [0.2, 0.25) is 0 Å². The minimum atomic E-state index is -0.247. The lowest BCUT2D eigenvalue weighted by molar-refractivity contribution is 0.0944. The molecule has 7 nitrogen and oxygen atoms in total. The monoisotopic (exact) mass is 508 g/mol. The summed E-state index contributed by atoms with van der Waals surface area (Å²) in [6.45, 7) is 5.10. The molecule has 1 aliphatic rings. The molecule has 1 aliphatic carbocycles. The number of rotatable bonds is 8. The predicted molar refractivity (Wildman–Crippen MR) is 139 cm³/mol. The molecule has 3 heterocycles. The molecule has 35 heavy (non-hydrogen) atoms. The lowest BCUT2D eigenvalue weighted by Crippen LogP contribution is -2.27. The molecular weight excluding hydrogens is 480 g/mol. The third-order valence-corrected chi connectivity index (χ3v) is 8.15. The van der Waals surface area contributed by atoms with Crippen LogP contribution < -0.4 is 10.9 Å². The molecule has 182 valence electrons. The number of thiophene rings is 1. The molecule has 3 aromatic heterocycles. The number of fused-ring (bicyclic) bond motifs is 3. The highest BCUT2D eigenvalue weighted by Gasteiger charge is 2.23. The van der Waals surface area contributed by atoms with Crippen LogP contribution in [0.4, 0.5) is 0 Å². The Balaban J connectivity index is 1.44. The van der Waals surface area contributed by atoms with E-state index in [-0.39, 0.29) is 17.2 Å². The van der Waals surface area contributed by atoms with Gasteiger partial charge in [0.1, 0.15) is 11.1 Å². The van der Waals surface area contributed by atoms with Crippen LogP contribution >= 0.6 is 23.1 Å². The van der Waals surface area contributed by atoms with Crippen LogP contribution in [0.15, 0.2) is 51.0 Å². The van der Waals surface area contributed by atoms with Crippen molar-refractivity contribution in [1.29, 1.82) is 0 Å². The maximum absolute atomic E-state index is 13.7. The van der Waals surface area contributed by atoms with E-state index in [1.54, 1.807) is 15.9 Å². The Morgan fingerprint density at radius 2 is 2.00 bits per heavy atom. The fraction of sp³-hybridized carbons (Fsp3) is 0.385. The van der Waals surface area contributed by atoms with Crippen molar-refractivity contribution in [1.82, 2.24) is 19.9 Å². The molecular formula is C26H28N4O3S2. The van der Waals surface area contributed by atoms with Gasteiger partial charge in [-0.3, -0.25) is 14.2 Å². The number of carbonyl (C=O) groups is 1. The zero-order chi connectivity index (χ0) is 24.4. The van der Waals surface area contributed by atoms with Crippen LogP contribution in [0.3, 0.4) is 0 Å². The number of carbonyl (C=O) groups excluding carboxylic acids is 1. The summed E-state index contributed by atoms with van der Waals surface area (Å²) in [5, 5.41) is 4.26. The SMILES string of the molecule is CC(C)CNC(=O)c1coc(CSc2nc3sc4c(c3c(=O)n2Cc2ccccc2)CCCC4)n1. The van der Waals surface area contributed by atoms with Crippen molar-refractivity contribution in [2.75, 3.05) is 6.54 Å². The van der Waals surface area contributed by atoms with Gasteiger partial charge in [0.2, 0.25) is 5.89 Å². The summed E-state index contributed by atoms with van der Waals surface area (Å²) < 4.78 is 7.32. The number of nitrogens with one attached hydrogen (secondary N) is 1. The van der Waals surface area contributed by atoms with E-state index in [1.807, 2.05) is 44.2 Å². The number of aryl methyl sites for hydroxylation is 2. The summed E-state index contributed by atoms with van der Waals surface area (Å²) in [5.41, 5.74) is 2.51. The minimum absolute atomic E-state index is 0.0157.